The third-order valence-corrected chi connectivity index (χ3v) is 5.26. The van der Waals surface area contributed by atoms with E-state index >= 15 is 0 Å². The number of benzene rings is 2. The lowest BCUT2D eigenvalue weighted by Gasteiger charge is -2.26. The number of sulfone groups is 1. The molecule has 0 spiro atoms. The molecule has 2 aromatic carbocycles. The van der Waals surface area contributed by atoms with Crippen LogP contribution in [0.3, 0.4) is 0 Å². The molecule has 3 rings (SSSR count). The standard InChI is InChI=1S/C18H20O4S/c1-21-17-5-3-4-15-11-14(12-22-18(15)17)10-13-6-8-16(9-7-13)23(2,19)20/h3-9,14H,10-12H2,1-2H3/t14-/m1/s1. The van der Waals surface area contributed by atoms with E-state index in [1.165, 1.54) is 6.26 Å². The fraction of sp³-hybridized carbons (Fsp3) is 0.333. The van der Waals surface area contributed by atoms with Gasteiger partial charge in [0.25, 0.3) is 0 Å². The largest absolute Gasteiger partial charge is 0.493 e. The Morgan fingerprint density at radius 2 is 1.91 bits per heavy atom. The normalized spacial score (nSPS) is 17.2. The first-order chi connectivity index (χ1) is 11.0. The van der Waals surface area contributed by atoms with Crippen molar-refractivity contribution in [3.63, 3.8) is 0 Å². The number of hydrogen-bond donors (Lipinski definition) is 0. The Hall–Kier alpha value is -2.01. The number of hydrogen-bond acceptors (Lipinski definition) is 4. The van der Waals surface area contributed by atoms with Crippen molar-refractivity contribution in [3.05, 3.63) is 53.6 Å². The molecular weight excluding hydrogens is 312 g/mol. The molecule has 0 saturated heterocycles. The summed E-state index contributed by atoms with van der Waals surface area (Å²) in [5, 5.41) is 0. The van der Waals surface area contributed by atoms with Crippen molar-refractivity contribution < 1.29 is 17.9 Å². The van der Waals surface area contributed by atoms with Gasteiger partial charge in [0, 0.05) is 12.2 Å². The second-order valence-corrected chi connectivity index (χ2v) is 7.97. The van der Waals surface area contributed by atoms with E-state index in [4.69, 9.17) is 9.47 Å². The van der Waals surface area contributed by atoms with Crippen LogP contribution in [0.2, 0.25) is 0 Å². The average molecular weight is 332 g/mol. The fourth-order valence-electron chi connectivity index (χ4n) is 2.95. The number of fused-ring (bicyclic) bond motifs is 1. The predicted octanol–water partition coefficient (Wildman–Crippen LogP) is 2.89. The summed E-state index contributed by atoms with van der Waals surface area (Å²) in [6.45, 7) is 0.640. The van der Waals surface area contributed by atoms with Gasteiger partial charge in [0.15, 0.2) is 21.3 Å². The van der Waals surface area contributed by atoms with Gasteiger partial charge in [-0.05, 0) is 42.2 Å². The van der Waals surface area contributed by atoms with Gasteiger partial charge < -0.3 is 9.47 Å². The summed E-state index contributed by atoms with van der Waals surface area (Å²) < 4.78 is 34.2. The molecule has 1 heterocycles. The first-order valence-corrected chi connectivity index (χ1v) is 9.44. The highest BCUT2D eigenvalue weighted by molar-refractivity contribution is 7.90. The van der Waals surface area contributed by atoms with E-state index in [9.17, 15) is 8.42 Å². The van der Waals surface area contributed by atoms with Crippen molar-refractivity contribution in [2.45, 2.75) is 17.7 Å². The first-order valence-electron chi connectivity index (χ1n) is 7.55. The highest BCUT2D eigenvalue weighted by Crippen LogP contribution is 2.36. The molecule has 0 bridgehead atoms. The number of ether oxygens (including phenoxy) is 2. The summed E-state index contributed by atoms with van der Waals surface area (Å²) in [4.78, 5) is 0.358. The maximum atomic E-state index is 11.5. The molecular formula is C18H20O4S. The lowest BCUT2D eigenvalue weighted by Crippen LogP contribution is -2.23. The average Bonchev–Trinajstić information content (AvgIpc) is 2.53. The molecule has 0 saturated carbocycles. The van der Waals surface area contributed by atoms with Crippen molar-refractivity contribution in [2.75, 3.05) is 20.0 Å². The lowest BCUT2D eigenvalue weighted by atomic mass is 9.91. The van der Waals surface area contributed by atoms with Gasteiger partial charge in [0.05, 0.1) is 18.6 Å². The van der Waals surface area contributed by atoms with Crippen LogP contribution in [-0.4, -0.2) is 28.4 Å². The van der Waals surface area contributed by atoms with Crippen molar-refractivity contribution in [1.82, 2.24) is 0 Å². The molecule has 4 nitrogen and oxygen atoms in total. The van der Waals surface area contributed by atoms with Crippen LogP contribution < -0.4 is 9.47 Å². The third-order valence-electron chi connectivity index (χ3n) is 4.13. The van der Waals surface area contributed by atoms with E-state index in [1.807, 2.05) is 24.3 Å². The zero-order valence-electron chi connectivity index (χ0n) is 13.3. The smallest absolute Gasteiger partial charge is 0.175 e. The molecule has 0 N–H and O–H groups in total. The summed E-state index contributed by atoms with van der Waals surface area (Å²) in [6, 6.07) is 13.1. The van der Waals surface area contributed by atoms with Gasteiger partial charge >= 0.3 is 0 Å². The van der Waals surface area contributed by atoms with Crippen molar-refractivity contribution in [3.8, 4) is 11.5 Å². The minimum Gasteiger partial charge on any atom is -0.493 e. The molecule has 0 aromatic heterocycles. The van der Waals surface area contributed by atoms with Gasteiger partial charge in [0.2, 0.25) is 0 Å². The number of methoxy groups -OCH3 is 1. The summed E-state index contributed by atoms with van der Waals surface area (Å²) >= 11 is 0. The van der Waals surface area contributed by atoms with Crippen molar-refractivity contribution in [1.29, 1.82) is 0 Å². The van der Waals surface area contributed by atoms with Gasteiger partial charge in [-0.25, -0.2) is 8.42 Å². The molecule has 0 fully saturated rings. The Morgan fingerprint density at radius 3 is 2.57 bits per heavy atom. The highest BCUT2D eigenvalue weighted by atomic mass is 32.2. The summed E-state index contributed by atoms with van der Waals surface area (Å²) in [6.07, 6.45) is 3.02. The van der Waals surface area contributed by atoms with Crippen LogP contribution in [0.5, 0.6) is 11.5 Å². The lowest BCUT2D eigenvalue weighted by molar-refractivity contribution is 0.211. The summed E-state index contributed by atoms with van der Waals surface area (Å²) in [7, 11) is -1.49. The third kappa shape index (κ3) is 3.50. The molecule has 23 heavy (non-hydrogen) atoms. The fourth-order valence-corrected chi connectivity index (χ4v) is 3.59. The number of rotatable bonds is 4. The van der Waals surface area contributed by atoms with E-state index in [0.717, 1.165) is 35.5 Å². The topological polar surface area (TPSA) is 52.6 Å². The van der Waals surface area contributed by atoms with Gasteiger partial charge in [-0.15, -0.1) is 0 Å². The molecule has 1 aliphatic heterocycles. The molecule has 1 aliphatic rings. The minimum atomic E-state index is -3.14. The van der Waals surface area contributed by atoms with E-state index in [2.05, 4.69) is 6.07 Å². The molecule has 2 aromatic rings. The monoisotopic (exact) mass is 332 g/mol. The molecule has 0 amide bonds. The van der Waals surface area contributed by atoms with Gasteiger partial charge in [-0.1, -0.05) is 24.3 Å². The van der Waals surface area contributed by atoms with Gasteiger partial charge in [-0.2, -0.15) is 0 Å². The van der Waals surface area contributed by atoms with E-state index in [1.54, 1.807) is 19.2 Å². The number of para-hydroxylation sites is 1. The Labute approximate surface area is 137 Å². The maximum Gasteiger partial charge on any atom is 0.175 e. The van der Waals surface area contributed by atoms with Gasteiger partial charge in [-0.3, -0.25) is 0 Å². The summed E-state index contributed by atoms with van der Waals surface area (Å²) in [5.41, 5.74) is 2.28. The molecule has 5 heteroatoms. The first kappa shape index (κ1) is 15.9. The highest BCUT2D eigenvalue weighted by Gasteiger charge is 2.22. The predicted molar refractivity (Wildman–Crippen MR) is 88.9 cm³/mol. The zero-order valence-corrected chi connectivity index (χ0v) is 14.1. The van der Waals surface area contributed by atoms with Crippen molar-refractivity contribution in [2.24, 2.45) is 5.92 Å². The Bertz CT molecular complexity index is 794. The Morgan fingerprint density at radius 1 is 1.17 bits per heavy atom. The van der Waals surface area contributed by atoms with Crippen LogP contribution in [0.4, 0.5) is 0 Å². The second kappa shape index (κ2) is 6.24. The van der Waals surface area contributed by atoms with Crippen LogP contribution >= 0.6 is 0 Å². The van der Waals surface area contributed by atoms with Crippen LogP contribution in [0, 0.1) is 5.92 Å². The van der Waals surface area contributed by atoms with E-state index < -0.39 is 9.84 Å². The quantitative estimate of drug-likeness (QED) is 0.864. The summed E-state index contributed by atoms with van der Waals surface area (Å²) in [5.74, 6) is 2.00. The second-order valence-electron chi connectivity index (χ2n) is 5.95. The van der Waals surface area contributed by atoms with Crippen LogP contribution in [-0.2, 0) is 22.7 Å². The molecule has 1 atom stereocenters. The maximum absolute atomic E-state index is 11.5. The van der Waals surface area contributed by atoms with Crippen LogP contribution in [0.25, 0.3) is 0 Å². The molecule has 0 aliphatic carbocycles. The molecule has 0 unspecified atom stereocenters. The van der Waals surface area contributed by atoms with E-state index in [-0.39, 0.29) is 0 Å². The van der Waals surface area contributed by atoms with Gasteiger partial charge in [0.1, 0.15) is 0 Å². The SMILES string of the molecule is COc1cccc2c1OC[C@H](Cc1ccc(S(C)(=O)=O)cc1)C2. The van der Waals surface area contributed by atoms with E-state index in [0.29, 0.717) is 17.4 Å². The minimum absolute atomic E-state index is 0.358. The molecule has 0 radical (unpaired) electrons. The Kier molecular flexibility index (Phi) is 4.31. The van der Waals surface area contributed by atoms with Crippen molar-refractivity contribution >= 4 is 9.84 Å². The van der Waals surface area contributed by atoms with Crippen LogP contribution in [0.15, 0.2) is 47.4 Å². The van der Waals surface area contributed by atoms with Crippen LogP contribution in [0.1, 0.15) is 11.1 Å². The molecule has 122 valence electrons. The zero-order chi connectivity index (χ0) is 16.4. The Balaban J connectivity index is 1.72.